The Balaban J connectivity index is 2.12. The molecule has 1 unspecified atom stereocenters. The molecule has 0 aliphatic heterocycles. The highest BCUT2D eigenvalue weighted by Crippen LogP contribution is 2.31. The lowest BCUT2D eigenvalue weighted by Crippen LogP contribution is -2.29. The maximum Gasteiger partial charge on any atom is 0.0103 e. The Labute approximate surface area is 82.3 Å². The smallest absolute Gasteiger partial charge is 0.0103 e. The van der Waals surface area contributed by atoms with E-state index in [1.54, 1.807) is 0 Å². The minimum Gasteiger partial charge on any atom is -0.317 e. The average molecular weight is 179 g/mol. The molecule has 13 heavy (non-hydrogen) atoms. The Kier molecular flexibility index (Phi) is 4.93. The second-order valence-corrected chi connectivity index (χ2v) is 3.98. The fourth-order valence-electron chi connectivity index (χ4n) is 1.88. The van der Waals surface area contributed by atoms with Crippen LogP contribution < -0.4 is 5.32 Å². The van der Waals surface area contributed by atoms with Crippen LogP contribution in [0.15, 0.2) is 0 Å². The summed E-state index contributed by atoms with van der Waals surface area (Å²) in [5, 5.41) is 3.39. The van der Waals surface area contributed by atoms with Gasteiger partial charge in [-0.2, -0.15) is 0 Å². The molecule has 0 aromatic rings. The quantitative estimate of drug-likeness (QED) is 0.640. The van der Waals surface area contributed by atoms with Crippen LogP contribution in [0.3, 0.4) is 0 Å². The maximum atomic E-state index is 3.39. The van der Waals surface area contributed by atoms with Crippen molar-refractivity contribution in [2.24, 2.45) is 5.92 Å². The molecule has 1 fully saturated rings. The van der Waals surface area contributed by atoms with Crippen molar-refractivity contribution >= 4 is 0 Å². The third kappa shape index (κ3) is 3.83. The van der Waals surface area contributed by atoms with E-state index in [4.69, 9.17) is 0 Å². The number of hydrogen-bond acceptors (Lipinski definition) is 1. The van der Waals surface area contributed by atoms with Crippen molar-refractivity contribution in [3.8, 4) is 11.8 Å². The summed E-state index contributed by atoms with van der Waals surface area (Å²) < 4.78 is 0. The van der Waals surface area contributed by atoms with Crippen LogP contribution in [0.5, 0.6) is 0 Å². The van der Waals surface area contributed by atoms with E-state index in [1.165, 1.54) is 32.1 Å². The van der Waals surface area contributed by atoms with Gasteiger partial charge in [-0.05, 0) is 32.7 Å². The van der Waals surface area contributed by atoms with Crippen LogP contribution in [0.25, 0.3) is 0 Å². The lowest BCUT2D eigenvalue weighted by molar-refractivity contribution is 0.260. The summed E-state index contributed by atoms with van der Waals surface area (Å²) in [7, 11) is 2.07. The molecule has 0 aromatic heterocycles. The molecule has 0 amide bonds. The van der Waals surface area contributed by atoms with E-state index in [1.807, 2.05) is 6.92 Å². The molecule has 0 saturated heterocycles. The summed E-state index contributed by atoms with van der Waals surface area (Å²) in [5.41, 5.74) is 0. The monoisotopic (exact) mass is 179 g/mol. The molecule has 1 rings (SSSR count). The molecule has 1 nitrogen and oxygen atoms in total. The van der Waals surface area contributed by atoms with Crippen LogP contribution in [0.2, 0.25) is 0 Å². The van der Waals surface area contributed by atoms with E-state index in [0.29, 0.717) is 6.04 Å². The van der Waals surface area contributed by atoms with Crippen LogP contribution >= 0.6 is 0 Å². The molecule has 0 bridgehead atoms. The predicted octanol–water partition coefficient (Wildman–Crippen LogP) is 2.57. The van der Waals surface area contributed by atoms with Gasteiger partial charge in [0.25, 0.3) is 0 Å². The van der Waals surface area contributed by atoms with Gasteiger partial charge in [-0.25, -0.2) is 0 Å². The fraction of sp³-hybridized carbons (Fsp3) is 0.833. The van der Waals surface area contributed by atoms with E-state index in [-0.39, 0.29) is 0 Å². The summed E-state index contributed by atoms with van der Waals surface area (Å²) in [4.78, 5) is 0. The average Bonchev–Trinajstić information content (AvgIpc) is 2.08. The highest BCUT2D eigenvalue weighted by molar-refractivity contribution is 4.95. The first kappa shape index (κ1) is 10.6. The molecule has 1 atom stereocenters. The second kappa shape index (κ2) is 6.05. The van der Waals surface area contributed by atoms with E-state index >= 15 is 0 Å². The Morgan fingerprint density at radius 1 is 1.46 bits per heavy atom. The van der Waals surface area contributed by atoms with E-state index in [0.717, 1.165) is 12.3 Å². The van der Waals surface area contributed by atoms with Crippen molar-refractivity contribution in [1.82, 2.24) is 5.32 Å². The van der Waals surface area contributed by atoms with Gasteiger partial charge in [-0.3, -0.25) is 0 Å². The molecule has 0 radical (unpaired) electrons. The number of rotatable bonds is 5. The lowest BCUT2D eigenvalue weighted by Gasteiger charge is -2.29. The predicted molar refractivity (Wildman–Crippen MR) is 57.5 cm³/mol. The largest absolute Gasteiger partial charge is 0.317 e. The molecule has 0 spiro atoms. The minimum atomic E-state index is 0.700. The van der Waals surface area contributed by atoms with Gasteiger partial charge in [0.2, 0.25) is 0 Å². The van der Waals surface area contributed by atoms with Crippen LogP contribution in [-0.2, 0) is 0 Å². The summed E-state index contributed by atoms with van der Waals surface area (Å²) in [5.74, 6) is 7.09. The van der Waals surface area contributed by atoms with Crippen LogP contribution in [-0.4, -0.2) is 13.1 Å². The first-order valence-corrected chi connectivity index (χ1v) is 5.43. The molecule has 1 aliphatic carbocycles. The standard InChI is InChI=1S/C12H21N/c1-3-4-5-9-12(13-2)10-11-7-6-8-11/h11-13H,5-10H2,1-2H3. The fourth-order valence-corrected chi connectivity index (χ4v) is 1.88. The summed E-state index contributed by atoms with van der Waals surface area (Å²) >= 11 is 0. The number of hydrogen-bond donors (Lipinski definition) is 1. The van der Waals surface area contributed by atoms with Gasteiger partial charge in [0.05, 0.1) is 0 Å². The molecule has 0 aromatic carbocycles. The third-order valence-electron chi connectivity index (χ3n) is 3.05. The topological polar surface area (TPSA) is 12.0 Å². The zero-order chi connectivity index (χ0) is 9.52. The number of nitrogens with one attached hydrogen (secondary N) is 1. The first-order chi connectivity index (χ1) is 6.36. The highest BCUT2D eigenvalue weighted by Gasteiger charge is 2.20. The van der Waals surface area contributed by atoms with Gasteiger partial charge < -0.3 is 5.32 Å². The van der Waals surface area contributed by atoms with Crippen molar-refractivity contribution in [2.45, 2.75) is 51.5 Å². The van der Waals surface area contributed by atoms with Gasteiger partial charge >= 0.3 is 0 Å². The summed E-state index contributed by atoms with van der Waals surface area (Å²) in [6.45, 7) is 1.92. The SMILES string of the molecule is CC#CCCC(CC1CCC1)NC. The van der Waals surface area contributed by atoms with E-state index < -0.39 is 0 Å². The zero-order valence-electron chi connectivity index (χ0n) is 8.90. The van der Waals surface area contributed by atoms with Crippen LogP contribution in [0.1, 0.15) is 45.4 Å². The van der Waals surface area contributed by atoms with Crippen molar-refractivity contribution in [2.75, 3.05) is 7.05 Å². The van der Waals surface area contributed by atoms with Gasteiger partial charge in [-0.1, -0.05) is 19.3 Å². The van der Waals surface area contributed by atoms with Crippen LogP contribution in [0, 0.1) is 17.8 Å². The molecule has 1 N–H and O–H groups in total. The summed E-state index contributed by atoms with van der Waals surface area (Å²) in [6.07, 6.45) is 8.00. The molecule has 1 saturated carbocycles. The molecular formula is C12H21N. The second-order valence-electron chi connectivity index (χ2n) is 3.98. The Bertz CT molecular complexity index is 183. The van der Waals surface area contributed by atoms with Gasteiger partial charge in [0.15, 0.2) is 0 Å². The van der Waals surface area contributed by atoms with Crippen molar-refractivity contribution in [3.05, 3.63) is 0 Å². The highest BCUT2D eigenvalue weighted by atomic mass is 14.9. The lowest BCUT2D eigenvalue weighted by atomic mass is 9.80. The normalized spacial score (nSPS) is 18.6. The van der Waals surface area contributed by atoms with Gasteiger partial charge in [0, 0.05) is 12.5 Å². The van der Waals surface area contributed by atoms with Crippen molar-refractivity contribution in [3.63, 3.8) is 0 Å². The van der Waals surface area contributed by atoms with Crippen molar-refractivity contribution in [1.29, 1.82) is 0 Å². The first-order valence-electron chi connectivity index (χ1n) is 5.43. The minimum absolute atomic E-state index is 0.700. The maximum absolute atomic E-state index is 3.39. The third-order valence-corrected chi connectivity index (χ3v) is 3.05. The van der Waals surface area contributed by atoms with Crippen molar-refractivity contribution < 1.29 is 0 Å². The van der Waals surface area contributed by atoms with E-state index in [9.17, 15) is 0 Å². The molecule has 1 heteroatoms. The van der Waals surface area contributed by atoms with Crippen LogP contribution in [0.4, 0.5) is 0 Å². The Hall–Kier alpha value is -0.480. The van der Waals surface area contributed by atoms with Gasteiger partial charge in [0.1, 0.15) is 0 Å². The summed E-state index contributed by atoms with van der Waals surface area (Å²) in [6, 6.07) is 0.700. The molecular weight excluding hydrogens is 158 g/mol. The van der Waals surface area contributed by atoms with Gasteiger partial charge in [-0.15, -0.1) is 11.8 Å². The molecule has 1 aliphatic rings. The Morgan fingerprint density at radius 3 is 2.69 bits per heavy atom. The molecule has 0 heterocycles. The van der Waals surface area contributed by atoms with E-state index in [2.05, 4.69) is 24.2 Å². The Morgan fingerprint density at radius 2 is 2.23 bits per heavy atom. The molecule has 74 valence electrons. The zero-order valence-corrected chi connectivity index (χ0v) is 8.90.